The van der Waals surface area contributed by atoms with Crippen molar-refractivity contribution in [3.8, 4) is 0 Å². The molecular formula is C21H28N4O3. The second-order valence-corrected chi connectivity index (χ2v) is 8.27. The maximum atomic E-state index is 12.9. The average molecular weight is 384 g/mol. The van der Waals surface area contributed by atoms with E-state index >= 15 is 0 Å². The van der Waals surface area contributed by atoms with Gasteiger partial charge in [0.05, 0.1) is 0 Å². The highest BCUT2D eigenvalue weighted by Crippen LogP contribution is 2.30. The second-order valence-electron chi connectivity index (χ2n) is 8.27. The van der Waals surface area contributed by atoms with Crippen molar-refractivity contribution in [1.29, 1.82) is 0 Å². The van der Waals surface area contributed by atoms with Gasteiger partial charge in [-0.1, -0.05) is 18.6 Å². The number of nitrogens with two attached hydrogens (primary N) is 1. The number of nitrogens with zero attached hydrogens (tertiary/aromatic N) is 1. The van der Waals surface area contributed by atoms with Crippen LogP contribution in [0.3, 0.4) is 0 Å². The molecule has 4 N–H and O–H groups in total. The molecule has 1 unspecified atom stereocenters. The number of amides is 3. The van der Waals surface area contributed by atoms with Gasteiger partial charge in [-0.05, 0) is 55.3 Å². The molecule has 0 bridgehead atoms. The van der Waals surface area contributed by atoms with E-state index in [1.54, 1.807) is 4.90 Å². The standard InChI is InChI=1S/C21H28N4O3/c22-15-5-1-3-13(9-15)10-23-11-14-4-2-6-16-17(14)12-25(21(16)28)18-7-8-19(26)24-20(18)27/h2,4,6,13,15,18,23H,1,3,5,7-12,22H2,(H,24,26,27)/t13-,15-,18?/m1/s1. The minimum absolute atomic E-state index is 0.121. The van der Waals surface area contributed by atoms with Gasteiger partial charge in [-0.2, -0.15) is 0 Å². The fourth-order valence-electron chi connectivity index (χ4n) is 4.74. The minimum Gasteiger partial charge on any atom is -0.328 e. The monoisotopic (exact) mass is 384 g/mol. The van der Waals surface area contributed by atoms with E-state index in [1.165, 1.54) is 12.8 Å². The highest BCUT2D eigenvalue weighted by atomic mass is 16.2. The summed E-state index contributed by atoms with van der Waals surface area (Å²) >= 11 is 0. The number of carbonyl (C=O) groups excluding carboxylic acids is 3. The molecule has 0 radical (unpaired) electrons. The molecule has 7 heteroatoms. The number of hydrogen-bond donors (Lipinski definition) is 3. The normalized spacial score (nSPS) is 27.7. The van der Waals surface area contributed by atoms with Crippen LogP contribution in [-0.4, -0.2) is 41.2 Å². The summed E-state index contributed by atoms with van der Waals surface area (Å²) in [5.41, 5.74) is 8.84. The highest BCUT2D eigenvalue weighted by molar-refractivity contribution is 6.05. The number of benzene rings is 1. The Morgan fingerprint density at radius 3 is 2.82 bits per heavy atom. The Kier molecular flexibility index (Phi) is 5.46. The predicted molar refractivity (Wildman–Crippen MR) is 104 cm³/mol. The Bertz CT molecular complexity index is 794. The van der Waals surface area contributed by atoms with E-state index in [-0.39, 0.29) is 24.1 Å². The van der Waals surface area contributed by atoms with E-state index in [0.717, 1.165) is 30.5 Å². The molecule has 1 saturated carbocycles. The van der Waals surface area contributed by atoms with Gasteiger partial charge in [-0.3, -0.25) is 19.7 Å². The third kappa shape index (κ3) is 3.82. The molecule has 0 aromatic heterocycles. The quantitative estimate of drug-likeness (QED) is 0.659. The lowest BCUT2D eigenvalue weighted by molar-refractivity contribution is -0.136. The van der Waals surface area contributed by atoms with Gasteiger partial charge >= 0.3 is 0 Å². The van der Waals surface area contributed by atoms with Crippen molar-refractivity contribution in [1.82, 2.24) is 15.5 Å². The molecule has 2 fully saturated rings. The molecule has 1 saturated heterocycles. The second kappa shape index (κ2) is 8.01. The molecule has 4 rings (SSSR count). The van der Waals surface area contributed by atoms with Crippen molar-refractivity contribution >= 4 is 17.7 Å². The first kappa shape index (κ1) is 19.1. The Morgan fingerprint density at radius 1 is 1.18 bits per heavy atom. The summed E-state index contributed by atoms with van der Waals surface area (Å²) in [6.07, 6.45) is 5.27. The number of piperidine rings is 1. The average Bonchev–Trinajstić information content (AvgIpc) is 2.99. The smallest absolute Gasteiger partial charge is 0.255 e. The Balaban J connectivity index is 1.41. The molecule has 3 amide bonds. The van der Waals surface area contributed by atoms with Crippen molar-refractivity contribution in [3.63, 3.8) is 0 Å². The van der Waals surface area contributed by atoms with Gasteiger partial charge in [0.1, 0.15) is 6.04 Å². The Hall–Kier alpha value is -2.25. The van der Waals surface area contributed by atoms with Crippen LogP contribution in [-0.2, 0) is 22.7 Å². The van der Waals surface area contributed by atoms with Crippen molar-refractivity contribution in [3.05, 3.63) is 34.9 Å². The van der Waals surface area contributed by atoms with E-state index in [4.69, 9.17) is 5.73 Å². The number of nitrogens with one attached hydrogen (secondary N) is 2. The van der Waals surface area contributed by atoms with E-state index in [2.05, 4.69) is 10.6 Å². The fraction of sp³-hybridized carbons (Fsp3) is 0.571. The number of imide groups is 1. The van der Waals surface area contributed by atoms with Gasteiger partial charge in [-0.25, -0.2) is 0 Å². The molecule has 150 valence electrons. The van der Waals surface area contributed by atoms with Crippen LogP contribution in [0.15, 0.2) is 18.2 Å². The van der Waals surface area contributed by atoms with Crippen LogP contribution < -0.4 is 16.4 Å². The van der Waals surface area contributed by atoms with Crippen LogP contribution in [0.5, 0.6) is 0 Å². The summed E-state index contributed by atoms with van der Waals surface area (Å²) in [6, 6.07) is 5.52. The zero-order valence-corrected chi connectivity index (χ0v) is 16.1. The van der Waals surface area contributed by atoms with Gasteiger partial charge in [0.15, 0.2) is 0 Å². The lowest BCUT2D eigenvalue weighted by atomic mass is 9.86. The number of hydrogen-bond acceptors (Lipinski definition) is 5. The molecule has 0 spiro atoms. The van der Waals surface area contributed by atoms with Gasteiger partial charge in [0.2, 0.25) is 11.8 Å². The minimum atomic E-state index is -0.567. The van der Waals surface area contributed by atoms with Gasteiger partial charge in [0, 0.05) is 31.1 Å². The molecule has 3 aliphatic rings. The first-order chi connectivity index (χ1) is 13.5. The summed E-state index contributed by atoms with van der Waals surface area (Å²) in [5.74, 6) is -0.143. The molecule has 1 aromatic carbocycles. The third-order valence-corrected chi connectivity index (χ3v) is 6.25. The third-order valence-electron chi connectivity index (χ3n) is 6.25. The van der Waals surface area contributed by atoms with E-state index in [9.17, 15) is 14.4 Å². The molecule has 7 nitrogen and oxygen atoms in total. The maximum Gasteiger partial charge on any atom is 0.255 e. The highest BCUT2D eigenvalue weighted by Gasteiger charge is 2.39. The maximum absolute atomic E-state index is 12.9. The molecular weight excluding hydrogens is 356 g/mol. The van der Waals surface area contributed by atoms with Crippen LogP contribution >= 0.6 is 0 Å². The number of carbonyl (C=O) groups is 3. The Morgan fingerprint density at radius 2 is 2.04 bits per heavy atom. The van der Waals surface area contributed by atoms with Gasteiger partial charge in [0.25, 0.3) is 5.91 Å². The van der Waals surface area contributed by atoms with Crippen LogP contribution in [0.2, 0.25) is 0 Å². The lowest BCUT2D eigenvalue weighted by Gasteiger charge is -2.29. The number of rotatable bonds is 5. The van der Waals surface area contributed by atoms with Crippen molar-refractivity contribution in [2.24, 2.45) is 11.7 Å². The molecule has 1 aliphatic carbocycles. The van der Waals surface area contributed by atoms with Gasteiger partial charge in [-0.15, -0.1) is 0 Å². The van der Waals surface area contributed by atoms with Crippen molar-refractivity contribution in [2.45, 2.75) is 63.7 Å². The summed E-state index contributed by atoms with van der Waals surface area (Å²) in [5, 5.41) is 5.88. The zero-order chi connectivity index (χ0) is 19.7. The molecule has 2 heterocycles. The Labute approximate surface area is 165 Å². The van der Waals surface area contributed by atoms with Crippen LogP contribution in [0.25, 0.3) is 0 Å². The van der Waals surface area contributed by atoms with Crippen molar-refractivity contribution < 1.29 is 14.4 Å². The van der Waals surface area contributed by atoms with E-state index in [0.29, 0.717) is 37.0 Å². The lowest BCUT2D eigenvalue weighted by Crippen LogP contribution is -2.52. The first-order valence-corrected chi connectivity index (χ1v) is 10.2. The largest absolute Gasteiger partial charge is 0.328 e. The number of fused-ring (bicyclic) bond motifs is 1. The zero-order valence-electron chi connectivity index (χ0n) is 16.1. The SMILES string of the molecule is N[C@@H]1CCC[C@@H](CNCc2cccc3c2CN(C2CCC(=O)NC2=O)C3=O)C1. The first-order valence-electron chi connectivity index (χ1n) is 10.2. The molecule has 1 aromatic rings. The van der Waals surface area contributed by atoms with E-state index < -0.39 is 6.04 Å². The van der Waals surface area contributed by atoms with Gasteiger partial charge < -0.3 is 16.0 Å². The van der Waals surface area contributed by atoms with Crippen molar-refractivity contribution in [2.75, 3.05) is 6.54 Å². The fourth-order valence-corrected chi connectivity index (χ4v) is 4.74. The van der Waals surface area contributed by atoms with Crippen LogP contribution in [0, 0.1) is 5.92 Å². The molecule has 3 atom stereocenters. The summed E-state index contributed by atoms with van der Waals surface area (Å²) in [7, 11) is 0. The molecule has 2 aliphatic heterocycles. The van der Waals surface area contributed by atoms with Crippen LogP contribution in [0.4, 0.5) is 0 Å². The topological polar surface area (TPSA) is 105 Å². The summed E-state index contributed by atoms with van der Waals surface area (Å²) in [6.45, 7) is 2.06. The van der Waals surface area contributed by atoms with E-state index in [1.807, 2.05) is 18.2 Å². The molecule has 28 heavy (non-hydrogen) atoms. The predicted octanol–water partition coefficient (Wildman–Crippen LogP) is 1.05. The summed E-state index contributed by atoms with van der Waals surface area (Å²) < 4.78 is 0. The van der Waals surface area contributed by atoms with Crippen LogP contribution in [0.1, 0.15) is 60.0 Å². The summed E-state index contributed by atoms with van der Waals surface area (Å²) in [4.78, 5) is 38.1.